The molecule has 2 N–H and O–H groups in total. The summed E-state index contributed by atoms with van der Waals surface area (Å²) >= 11 is 0. The van der Waals surface area contributed by atoms with E-state index in [1.54, 1.807) is 19.2 Å². The third kappa shape index (κ3) is 4.00. The highest BCUT2D eigenvalue weighted by Gasteiger charge is 2.36. The first-order valence-corrected chi connectivity index (χ1v) is 8.92. The van der Waals surface area contributed by atoms with Gasteiger partial charge in [0, 0.05) is 43.2 Å². The first kappa shape index (κ1) is 17.5. The van der Waals surface area contributed by atoms with Gasteiger partial charge in [-0.3, -0.25) is 14.4 Å². The van der Waals surface area contributed by atoms with Gasteiger partial charge >= 0.3 is 0 Å². The van der Waals surface area contributed by atoms with Gasteiger partial charge in [-0.2, -0.15) is 0 Å². The zero-order valence-corrected chi connectivity index (χ0v) is 14.8. The number of anilines is 1. The van der Waals surface area contributed by atoms with E-state index in [1.807, 2.05) is 17.9 Å². The van der Waals surface area contributed by atoms with Crippen LogP contribution in [0, 0.1) is 18.8 Å². The Bertz CT molecular complexity index is 689. The van der Waals surface area contributed by atoms with Crippen LogP contribution < -0.4 is 10.6 Å². The SMILES string of the molecule is CNC(=O)c1ccc(C)c(NC(=O)C2CCN(C(=O)C3CC3)CC2)c1. The average Bonchev–Trinajstić information content (AvgIpc) is 3.47. The molecule has 0 spiro atoms. The molecule has 1 heterocycles. The van der Waals surface area contributed by atoms with Crippen molar-refractivity contribution >= 4 is 23.4 Å². The second-order valence-corrected chi connectivity index (χ2v) is 6.97. The van der Waals surface area contributed by atoms with Crippen molar-refractivity contribution in [2.45, 2.75) is 32.6 Å². The van der Waals surface area contributed by atoms with Crippen molar-refractivity contribution in [3.63, 3.8) is 0 Å². The molecule has 1 aliphatic carbocycles. The number of rotatable bonds is 4. The van der Waals surface area contributed by atoms with E-state index in [2.05, 4.69) is 10.6 Å². The lowest BCUT2D eigenvalue weighted by Crippen LogP contribution is -2.42. The van der Waals surface area contributed by atoms with E-state index in [0.29, 0.717) is 37.2 Å². The zero-order valence-electron chi connectivity index (χ0n) is 14.8. The van der Waals surface area contributed by atoms with Crippen molar-refractivity contribution in [1.29, 1.82) is 0 Å². The van der Waals surface area contributed by atoms with Crippen LogP contribution in [-0.4, -0.2) is 42.8 Å². The Kier molecular flexibility index (Phi) is 5.06. The molecule has 0 unspecified atom stereocenters. The summed E-state index contributed by atoms with van der Waals surface area (Å²) in [6, 6.07) is 5.28. The summed E-state index contributed by atoms with van der Waals surface area (Å²) in [6.07, 6.45) is 3.41. The van der Waals surface area contributed by atoms with Gasteiger partial charge in [0.1, 0.15) is 0 Å². The van der Waals surface area contributed by atoms with E-state index in [9.17, 15) is 14.4 Å². The van der Waals surface area contributed by atoms with Crippen molar-refractivity contribution in [1.82, 2.24) is 10.2 Å². The Hall–Kier alpha value is -2.37. The lowest BCUT2D eigenvalue weighted by Gasteiger charge is -2.31. The van der Waals surface area contributed by atoms with Gasteiger partial charge < -0.3 is 15.5 Å². The second-order valence-electron chi connectivity index (χ2n) is 6.97. The number of hydrogen-bond acceptors (Lipinski definition) is 3. The number of carbonyl (C=O) groups is 3. The summed E-state index contributed by atoms with van der Waals surface area (Å²) in [7, 11) is 1.58. The van der Waals surface area contributed by atoms with Gasteiger partial charge in [0.2, 0.25) is 11.8 Å². The lowest BCUT2D eigenvalue weighted by molar-refractivity contribution is -0.135. The fourth-order valence-electron chi connectivity index (χ4n) is 3.23. The molecule has 1 aliphatic heterocycles. The molecule has 2 fully saturated rings. The van der Waals surface area contributed by atoms with Gasteiger partial charge in [-0.1, -0.05) is 6.07 Å². The first-order chi connectivity index (χ1) is 12.0. The normalized spacial score (nSPS) is 17.9. The molecule has 6 nitrogen and oxygen atoms in total. The molecule has 2 aliphatic rings. The molecular formula is C19H25N3O3. The second kappa shape index (κ2) is 7.25. The Morgan fingerprint density at radius 1 is 1.04 bits per heavy atom. The van der Waals surface area contributed by atoms with Gasteiger partial charge in [-0.05, 0) is 50.3 Å². The molecule has 25 heavy (non-hydrogen) atoms. The molecule has 1 aromatic rings. The molecule has 134 valence electrons. The number of likely N-dealkylation sites (tertiary alicyclic amines) is 1. The molecular weight excluding hydrogens is 318 g/mol. The number of benzene rings is 1. The quantitative estimate of drug-likeness (QED) is 0.877. The molecule has 3 rings (SSSR count). The van der Waals surface area contributed by atoms with Crippen molar-refractivity contribution in [3.8, 4) is 0 Å². The standard InChI is InChI=1S/C19H25N3O3/c1-12-3-4-15(17(23)20-2)11-16(12)21-18(24)13-7-9-22(10-8-13)19(25)14-5-6-14/h3-4,11,13-14H,5-10H2,1-2H3,(H,20,23)(H,21,24). The number of hydrogen-bond donors (Lipinski definition) is 2. The number of nitrogens with zero attached hydrogens (tertiary/aromatic N) is 1. The van der Waals surface area contributed by atoms with E-state index < -0.39 is 0 Å². The molecule has 0 atom stereocenters. The topological polar surface area (TPSA) is 78.5 Å². The minimum Gasteiger partial charge on any atom is -0.355 e. The predicted octanol–water partition coefficient (Wildman–Crippen LogP) is 1.94. The summed E-state index contributed by atoms with van der Waals surface area (Å²) in [5.74, 6) is 0.192. The smallest absolute Gasteiger partial charge is 0.251 e. The van der Waals surface area contributed by atoms with Crippen LogP contribution in [0.15, 0.2) is 18.2 Å². The van der Waals surface area contributed by atoms with Crippen molar-refractivity contribution in [2.24, 2.45) is 11.8 Å². The monoisotopic (exact) mass is 343 g/mol. The molecule has 0 bridgehead atoms. The maximum Gasteiger partial charge on any atom is 0.251 e. The van der Waals surface area contributed by atoms with Crippen LogP contribution in [-0.2, 0) is 9.59 Å². The van der Waals surface area contributed by atoms with Gasteiger partial charge in [-0.15, -0.1) is 0 Å². The highest BCUT2D eigenvalue weighted by Crippen LogP contribution is 2.32. The Labute approximate surface area is 148 Å². The highest BCUT2D eigenvalue weighted by molar-refractivity contribution is 5.98. The minimum atomic E-state index is -0.178. The lowest BCUT2D eigenvalue weighted by atomic mass is 9.95. The van der Waals surface area contributed by atoms with Crippen LogP contribution in [0.5, 0.6) is 0 Å². The molecule has 1 aromatic carbocycles. The Morgan fingerprint density at radius 2 is 1.72 bits per heavy atom. The number of nitrogens with one attached hydrogen (secondary N) is 2. The maximum atomic E-state index is 12.6. The maximum absolute atomic E-state index is 12.6. The van der Waals surface area contributed by atoms with Gasteiger partial charge in [0.15, 0.2) is 0 Å². The van der Waals surface area contributed by atoms with Gasteiger partial charge in [-0.25, -0.2) is 0 Å². The Morgan fingerprint density at radius 3 is 2.32 bits per heavy atom. The molecule has 3 amide bonds. The van der Waals surface area contributed by atoms with Gasteiger partial charge in [0.25, 0.3) is 5.91 Å². The van der Waals surface area contributed by atoms with Crippen LogP contribution in [0.1, 0.15) is 41.6 Å². The third-order valence-corrected chi connectivity index (χ3v) is 5.09. The number of piperidine rings is 1. The summed E-state index contributed by atoms with van der Waals surface area (Å²) in [5.41, 5.74) is 2.11. The Balaban J connectivity index is 1.59. The average molecular weight is 343 g/mol. The molecule has 1 saturated heterocycles. The predicted molar refractivity (Wildman–Crippen MR) is 95.2 cm³/mol. The fourth-order valence-corrected chi connectivity index (χ4v) is 3.23. The van der Waals surface area contributed by atoms with E-state index in [1.165, 1.54) is 0 Å². The molecule has 0 radical (unpaired) electrons. The summed E-state index contributed by atoms with van der Waals surface area (Å²) in [6.45, 7) is 3.22. The minimum absolute atomic E-state index is 0.0318. The van der Waals surface area contributed by atoms with Crippen LogP contribution in [0.25, 0.3) is 0 Å². The van der Waals surface area contributed by atoms with Crippen LogP contribution in [0.4, 0.5) is 5.69 Å². The largest absolute Gasteiger partial charge is 0.355 e. The molecule has 0 aromatic heterocycles. The molecule has 1 saturated carbocycles. The number of amides is 3. The van der Waals surface area contributed by atoms with E-state index in [-0.39, 0.29) is 29.6 Å². The summed E-state index contributed by atoms with van der Waals surface area (Å²) in [5, 5.41) is 5.54. The van der Waals surface area contributed by atoms with Crippen molar-refractivity contribution < 1.29 is 14.4 Å². The fraction of sp³-hybridized carbons (Fsp3) is 0.526. The highest BCUT2D eigenvalue weighted by atomic mass is 16.2. The van der Waals surface area contributed by atoms with Crippen molar-refractivity contribution in [2.75, 3.05) is 25.5 Å². The van der Waals surface area contributed by atoms with E-state index in [4.69, 9.17) is 0 Å². The van der Waals surface area contributed by atoms with Crippen LogP contribution >= 0.6 is 0 Å². The van der Waals surface area contributed by atoms with E-state index in [0.717, 1.165) is 18.4 Å². The molecule has 6 heteroatoms. The third-order valence-electron chi connectivity index (χ3n) is 5.09. The van der Waals surface area contributed by atoms with E-state index >= 15 is 0 Å². The van der Waals surface area contributed by atoms with Gasteiger partial charge in [0.05, 0.1) is 0 Å². The summed E-state index contributed by atoms with van der Waals surface area (Å²) in [4.78, 5) is 38.3. The number of aryl methyl sites for hydroxylation is 1. The number of carbonyl (C=O) groups excluding carboxylic acids is 3. The van der Waals surface area contributed by atoms with Crippen LogP contribution in [0.2, 0.25) is 0 Å². The summed E-state index contributed by atoms with van der Waals surface area (Å²) < 4.78 is 0. The zero-order chi connectivity index (χ0) is 18.0. The van der Waals surface area contributed by atoms with Crippen LogP contribution in [0.3, 0.4) is 0 Å². The van der Waals surface area contributed by atoms with Crippen molar-refractivity contribution in [3.05, 3.63) is 29.3 Å². The first-order valence-electron chi connectivity index (χ1n) is 8.92.